The average molecular weight is 270 g/mol. The fourth-order valence-electron chi connectivity index (χ4n) is 2.18. The summed E-state index contributed by atoms with van der Waals surface area (Å²) in [4.78, 5) is 16.0. The van der Waals surface area contributed by atoms with E-state index in [1.807, 2.05) is 12.1 Å². The Morgan fingerprint density at radius 2 is 1.70 bits per heavy atom. The molecule has 0 aliphatic heterocycles. The number of carbonyl (C=O) groups is 1. The van der Waals surface area contributed by atoms with E-state index in [2.05, 4.69) is 10.3 Å². The maximum absolute atomic E-state index is 13.1. The highest BCUT2D eigenvalue weighted by Crippen LogP contribution is 2.31. The Hall–Kier alpha value is -2.23. The molecule has 1 saturated carbocycles. The van der Waals surface area contributed by atoms with E-state index in [1.54, 1.807) is 24.5 Å². The van der Waals surface area contributed by atoms with Gasteiger partial charge >= 0.3 is 0 Å². The molecule has 1 fully saturated rings. The molecule has 4 heteroatoms. The van der Waals surface area contributed by atoms with Crippen LogP contribution in [0.5, 0.6) is 0 Å². The highest BCUT2D eigenvalue weighted by molar-refractivity contribution is 5.81. The number of pyridine rings is 1. The molecule has 0 saturated heterocycles. The van der Waals surface area contributed by atoms with E-state index >= 15 is 0 Å². The summed E-state index contributed by atoms with van der Waals surface area (Å²) in [7, 11) is 0. The highest BCUT2D eigenvalue weighted by Gasteiger charge is 2.31. The summed E-state index contributed by atoms with van der Waals surface area (Å²) >= 11 is 0. The van der Waals surface area contributed by atoms with E-state index in [4.69, 9.17) is 0 Å². The standard InChI is InChI=1S/C16H15FN2O/c17-14-5-3-11(4-6-14)15(12-7-9-18-10-8-12)19-16(20)13-1-2-13/h3-10,13,15H,1-2H2,(H,19,20). The first-order valence-corrected chi connectivity index (χ1v) is 6.70. The molecule has 1 heterocycles. The van der Waals surface area contributed by atoms with Gasteiger partial charge in [0.2, 0.25) is 5.91 Å². The van der Waals surface area contributed by atoms with Gasteiger partial charge in [0, 0.05) is 18.3 Å². The third kappa shape index (κ3) is 2.85. The van der Waals surface area contributed by atoms with Crippen LogP contribution < -0.4 is 5.32 Å². The molecule has 1 unspecified atom stereocenters. The minimum absolute atomic E-state index is 0.0659. The van der Waals surface area contributed by atoms with Crippen LogP contribution in [0, 0.1) is 11.7 Å². The van der Waals surface area contributed by atoms with Gasteiger partial charge in [-0.25, -0.2) is 4.39 Å². The van der Waals surface area contributed by atoms with Gasteiger partial charge in [-0.3, -0.25) is 9.78 Å². The van der Waals surface area contributed by atoms with Crippen LogP contribution in [0.15, 0.2) is 48.8 Å². The predicted molar refractivity (Wildman–Crippen MR) is 73.3 cm³/mol. The molecule has 20 heavy (non-hydrogen) atoms. The second-order valence-electron chi connectivity index (χ2n) is 5.05. The summed E-state index contributed by atoms with van der Waals surface area (Å²) in [5, 5.41) is 3.04. The lowest BCUT2D eigenvalue weighted by Gasteiger charge is -2.19. The van der Waals surface area contributed by atoms with Crippen molar-refractivity contribution in [2.45, 2.75) is 18.9 Å². The Kier molecular flexibility index (Phi) is 3.46. The molecule has 0 spiro atoms. The van der Waals surface area contributed by atoms with Crippen molar-refractivity contribution in [3.05, 3.63) is 65.7 Å². The van der Waals surface area contributed by atoms with Gasteiger partial charge in [0.05, 0.1) is 6.04 Å². The number of aromatic nitrogens is 1. The summed E-state index contributed by atoms with van der Waals surface area (Å²) in [6, 6.07) is 9.69. The smallest absolute Gasteiger partial charge is 0.223 e. The molecular formula is C16H15FN2O. The Balaban J connectivity index is 1.90. The molecule has 3 nitrogen and oxygen atoms in total. The van der Waals surface area contributed by atoms with Crippen molar-refractivity contribution in [3.63, 3.8) is 0 Å². The summed E-state index contributed by atoms with van der Waals surface area (Å²) in [6.45, 7) is 0. The molecule has 2 aromatic rings. The number of nitrogens with one attached hydrogen (secondary N) is 1. The number of hydrogen-bond donors (Lipinski definition) is 1. The van der Waals surface area contributed by atoms with Crippen molar-refractivity contribution in [1.82, 2.24) is 10.3 Å². The monoisotopic (exact) mass is 270 g/mol. The third-order valence-corrected chi connectivity index (χ3v) is 3.48. The first-order chi connectivity index (χ1) is 9.74. The number of hydrogen-bond acceptors (Lipinski definition) is 2. The van der Waals surface area contributed by atoms with Gasteiger partial charge < -0.3 is 5.32 Å². The Morgan fingerprint density at radius 3 is 2.30 bits per heavy atom. The molecule has 1 atom stereocenters. The molecule has 1 aliphatic carbocycles. The SMILES string of the molecule is O=C(NC(c1ccncc1)c1ccc(F)cc1)C1CC1. The molecule has 0 radical (unpaired) electrons. The molecule has 102 valence electrons. The number of amides is 1. The van der Waals surface area contributed by atoms with Crippen LogP contribution in [-0.4, -0.2) is 10.9 Å². The van der Waals surface area contributed by atoms with Crippen molar-refractivity contribution in [2.24, 2.45) is 5.92 Å². The topological polar surface area (TPSA) is 42.0 Å². The van der Waals surface area contributed by atoms with Gasteiger partial charge in [0.15, 0.2) is 0 Å². The van der Waals surface area contributed by atoms with E-state index in [0.717, 1.165) is 24.0 Å². The van der Waals surface area contributed by atoms with Crippen LogP contribution in [0.25, 0.3) is 0 Å². The molecule has 1 aromatic carbocycles. The van der Waals surface area contributed by atoms with Crippen molar-refractivity contribution >= 4 is 5.91 Å². The van der Waals surface area contributed by atoms with E-state index in [-0.39, 0.29) is 23.7 Å². The zero-order valence-electron chi connectivity index (χ0n) is 10.9. The van der Waals surface area contributed by atoms with Gasteiger partial charge in [-0.2, -0.15) is 0 Å². The minimum atomic E-state index is -0.282. The number of rotatable bonds is 4. The first-order valence-electron chi connectivity index (χ1n) is 6.70. The number of halogens is 1. The zero-order chi connectivity index (χ0) is 13.9. The second-order valence-corrected chi connectivity index (χ2v) is 5.05. The maximum atomic E-state index is 13.1. The van der Waals surface area contributed by atoms with Gasteiger partial charge in [-0.1, -0.05) is 12.1 Å². The van der Waals surface area contributed by atoms with Crippen LogP contribution in [0.4, 0.5) is 4.39 Å². The van der Waals surface area contributed by atoms with Gasteiger partial charge in [0.25, 0.3) is 0 Å². The molecule has 3 rings (SSSR count). The molecule has 1 N–H and O–H groups in total. The first kappa shape index (κ1) is 12.8. The Morgan fingerprint density at radius 1 is 1.10 bits per heavy atom. The van der Waals surface area contributed by atoms with Crippen molar-refractivity contribution in [3.8, 4) is 0 Å². The number of benzene rings is 1. The highest BCUT2D eigenvalue weighted by atomic mass is 19.1. The summed E-state index contributed by atoms with van der Waals surface area (Å²) in [5.74, 6) is -0.0772. The molecule has 1 aromatic heterocycles. The lowest BCUT2D eigenvalue weighted by Crippen LogP contribution is -2.30. The predicted octanol–water partition coefficient (Wildman–Crippen LogP) is 2.84. The lowest BCUT2D eigenvalue weighted by atomic mass is 9.99. The fourth-order valence-corrected chi connectivity index (χ4v) is 2.18. The van der Waals surface area contributed by atoms with Gasteiger partial charge in [0.1, 0.15) is 5.82 Å². The van der Waals surface area contributed by atoms with Crippen molar-refractivity contribution < 1.29 is 9.18 Å². The molecule has 1 amide bonds. The Labute approximate surface area is 116 Å². The van der Waals surface area contributed by atoms with Crippen LogP contribution >= 0.6 is 0 Å². The van der Waals surface area contributed by atoms with Crippen LogP contribution in [0.1, 0.15) is 30.0 Å². The van der Waals surface area contributed by atoms with Crippen LogP contribution in [-0.2, 0) is 4.79 Å². The lowest BCUT2D eigenvalue weighted by molar-refractivity contribution is -0.122. The fraction of sp³-hybridized carbons (Fsp3) is 0.250. The van der Waals surface area contributed by atoms with Gasteiger partial charge in [-0.15, -0.1) is 0 Å². The summed E-state index contributed by atoms with van der Waals surface area (Å²) < 4.78 is 13.1. The second kappa shape index (κ2) is 5.41. The van der Waals surface area contributed by atoms with E-state index in [0.29, 0.717) is 0 Å². The van der Waals surface area contributed by atoms with Crippen LogP contribution in [0.3, 0.4) is 0 Å². The Bertz CT molecular complexity index is 594. The van der Waals surface area contributed by atoms with Crippen molar-refractivity contribution in [1.29, 1.82) is 0 Å². The summed E-state index contributed by atoms with van der Waals surface area (Å²) in [5.41, 5.74) is 1.81. The molecule has 0 bridgehead atoms. The maximum Gasteiger partial charge on any atom is 0.223 e. The van der Waals surface area contributed by atoms with Crippen molar-refractivity contribution in [2.75, 3.05) is 0 Å². The summed E-state index contributed by atoms with van der Waals surface area (Å²) in [6.07, 6.45) is 5.29. The van der Waals surface area contributed by atoms with Crippen LogP contribution in [0.2, 0.25) is 0 Å². The number of carbonyl (C=O) groups excluding carboxylic acids is 1. The third-order valence-electron chi connectivity index (χ3n) is 3.48. The van der Waals surface area contributed by atoms with E-state index < -0.39 is 0 Å². The quantitative estimate of drug-likeness (QED) is 0.928. The number of nitrogens with zero attached hydrogens (tertiary/aromatic N) is 1. The molecular weight excluding hydrogens is 255 g/mol. The average Bonchev–Trinajstić information content (AvgIpc) is 3.31. The molecule has 1 aliphatic rings. The van der Waals surface area contributed by atoms with Gasteiger partial charge in [-0.05, 0) is 48.2 Å². The van der Waals surface area contributed by atoms with E-state index in [1.165, 1.54) is 12.1 Å². The largest absolute Gasteiger partial charge is 0.345 e. The van der Waals surface area contributed by atoms with E-state index in [9.17, 15) is 9.18 Å². The normalized spacial score (nSPS) is 15.7. The minimum Gasteiger partial charge on any atom is -0.345 e. The zero-order valence-corrected chi connectivity index (χ0v) is 10.9.